The Morgan fingerprint density at radius 3 is 2.47 bits per heavy atom. The van der Waals surface area contributed by atoms with Gasteiger partial charge in [0.25, 0.3) is 0 Å². The molecule has 2 unspecified atom stereocenters. The van der Waals surface area contributed by atoms with E-state index in [0.717, 1.165) is 28.5 Å². The van der Waals surface area contributed by atoms with Crippen molar-refractivity contribution in [2.75, 3.05) is 6.54 Å². The van der Waals surface area contributed by atoms with Crippen molar-refractivity contribution in [1.82, 2.24) is 15.3 Å². The first-order valence-corrected chi connectivity index (χ1v) is 7.50. The second kappa shape index (κ2) is 5.92. The van der Waals surface area contributed by atoms with Crippen molar-refractivity contribution < 1.29 is 0 Å². The number of aromatic amines is 2. The van der Waals surface area contributed by atoms with Gasteiger partial charge in [-0.1, -0.05) is 43.1 Å². The van der Waals surface area contributed by atoms with Gasteiger partial charge in [0.1, 0.15) is 0 Å². The van der Waals surface area contributed by atoms with Crippen LogP contribution in [-0.4, -0.2) is 16.5 Å². The summed E-state index contributed by atoms with van der Waals surface area (Å²) in [5.74, 6) is 0.527. The number of aromatic nitrogens is 2. The smallest absolute Gasteiger partial charge is 0.310 e. The maximum Gasteiger partial charge on any atom is 0.323 e. The molecule has 0 saturated carbocycles. The maximum atomic E-state index is 11.4. The van der Waals surface area contributed by atoms with E-state index in [4.69, 9.17) is 0 Å². The summed E-state index contributed by atoms with van der Waals surface area (Å²) in [6.07, 6.45) is 1.10. The van der Waals surface area contributed by atoms with E-state index in [0.29, 0.717) is 5.92 Å². The molecule has 0 aliphatic rings. The molecule has 0 bridgehead atoms. The third-order valence-corrected chi connectivity index (χ3v) is 4.29. The Bertz CT molecular complexity index is 617. The number of H-pyrrole nitrogens is 2. The summed E-state index contributed by atoms with van der Waals surface area (Å²) in [6.45, 7) is 7.46. The van der Waals surface area contributed by atoms with Gasteiger partial charge < -0.3 is 15.3 Å². The number of hydrogen-bond donors (Lipinski definition) is 3. The van der Waals surface area contributed by atoms with Crippen molar-refractivity contribution >= 4 is 27.0 Å². The lowest BCUT2D eigenvalue weighted by molar-refractivity contribution is 0.383. The van der Waals surface area contributed by atoms with Gasteiger partial charge in [0, 0.05) is 10.5 Å². The fourth-order valence-electron chi connectivity index (χ4n) is 2.38. The zero-order valence-corrected chi connectivity index (χ0v) is 13.1. The second-order valence-corrected chi connectivity index (χ2v) is 5.77. The van der Waals surface area contributed by atoms with Crippen LogP contribution < -0.4 is 11.0 Å². The van der Waals surface area contributed by atoms with E-state index in [1.807, 2.05) is 6.07 Å². The molecule has 0 amide bonds. The van der Waals surface area contributed by atoms with Crippen LogP contribution in [0, 0.1) is 5.92 Å². The van der Waals surface area contributed by atoms with Crippen LogP contribution in [0.25, 0.3) is 11.0 Å². The minimum absolute atomic E-state index is 0.164. The standard InChI is InChI=1S/C14H20BrN3O/c1-4-8(3)13(16-5-2)9-6-11-12(7-10(9)15)18-14(19)17-11/h6-8,13,16H,4-5H2,1-3H3,(H2,17,18,19). The largest absolute Gasteiger partial charge is 0.323 e. The van der Waals surface area contributed by atoms with Crippen molar-refractivity contribution in [3.63, 3.8) is 0 Å². The quantitative estimate of drug-likeness (QED) is 0.789. The zero-order valence-electron chi connectivity index (χ0n) is 11.5. The van der Waals surface area contributed by atoms with Gasteiger partial charge in [-0.25, -0.2) is 4.79 Å². The van der Waals surface area contributed by atoms with Crippen LogP contribution in [0.4, 0.5) is 0 Å². The lowest BCUT2D eigenvalue weighted by Crippen LogP contribution is -2.26. The number of rotatable bonds is 5. The minimum atomic E-state index is -0.164. The van der Waals surface area contributed by atoms with E-state index in [-0.39, 0.29) is 11.7 Å². The number of halogens is 1. The monoisotopic (exact) mass is 325 g/mol. The van der Waals surface area contributed by atoms with Crippen LogP contribution in [0.5, 0.6) is 0 Å². The van der Waals surface area contributed by atoms with Gasteiger partial charge in [0.2, 0.25) is 0 Å². The Hall–Kier alpha value is -1.07. The summed E-state index contributed by atoms with van der Waals surface area (Å²) in [6, 6.07) is 4.30. The van der Waals surface area contributed by atoms with Gasteiger partial charge in [-0.2, -0.15) is 0 Å². The first kappa shape index (κ1) is 14.3. The molecular formula is C14H20BrN3O. The van der Waals surface area contributed by atoms with Crippen LogP contribution in [0.2, 0.25) is 0 Å². The highest BCUT2D eigenvalue weighted by Crippen LogP contribution is 2.32. The normalized spacial score (nSPS) is 14.7. The third-order valence-electron chi connectivity index (χ3n) is 3.61. The lowest BCUT2D eigenvalue weighted by Gasteiger charge is -2.25. The molecule has 2 rings (SSSR count). The molecule has 1 aromatic carbocycles. The predicted octanol–water partition coefficient (Wildman–Crippen LogP) is 3.32. The molecule has 0 radical (unpaired) electrons. The Morgan fingerprint density at radius 1 is 1.26 bits per heavy atom. The molecule has 4 nitrogen and oxygen atoms in total. The highest BCUT2D eigenvalue weighted by Gasteiger charge is 2.20. The molecule has 0 fully saturated rings. The van der Waals surface area contributed by atoms with Crippen molar-refractivity contribution in [3.05, 3.63) is 32.7 Å². The van der Waals surface area contributed by atoms with Gasteiger partial charge in [-0.3, -0.25) is 0 Å². The molecule has 0 aliphatic heterocycles. The summed E-state index contributed by atoms with van der Waals surface area (Å²) in [5.41, 5.74) is 2.72. The molecule has 2 aromatic rings. The minimum Gasteiger partial charge on any atom is -0.310 e. The molecule has 19 heavy (non-hydrogen) atoms. The van der Waals surface area contributed by atoms with E-state index >= 15 is 0 Å². The van der Waals surface area contributed by atoms with Gasteiger partial charge in [-0.15, -0.1) is 0 Å². The van der Waals surface area contributed by atoms with E-state index in [1.165, 1.54) is 5.56 Å². The molecular weight excluding hydrogens is 306 g/mol. The lowest BCUT2D eigenvalue weighted by atomic mass is 9.92. The van der Waals surface area contributed by atoms with E-state index < -0.39 is 0 Å². The van der Waals surface area contributed by atoms with Crippen LogP contribution in [0.15, 0.2) is 21.4 Å². The molecule has 2 atom stereocenters. The Balaban J connectivity index is 2.51. The summed E-state index contributed by atoms with van der Waals surface area (Å²) in [5, 5.41) is 3.53. The molecule has 0 spiro atoms. The van der Waals surface area contributed by atoms with Crippen molar-refractivity contribution in [2.24, 2.45) is 5.92 Å². The topological polar surface area (TPSA) is 60.7 Å². The van der Waals surface area contributed by atoms with E-state index in [2.05, 4.69) is 58.1 Å². The summed E-state index contributed by atoms with van der Waals surface area (Å²) < 4.78 is 1.03. The van der Waals surface area contributed by atoms with Crippen molar-refractivity contribution in [2.45, 2.75) is 33.2 Å². The first-order chi connectivity index (χ1) is 9.06. The van der Waals surface area contributed by atoms with E-state index in [1.54, 1.807) is 0 Å². The molecule has 1 aromatic heterocycles. The van der Waals surface area contributed by atoms with Gasteiger partial charge >= 0.3 is 5.69 Å². The highest BCUT2D eigenvalue weighted by molar-refractivity contribution is 9.10. The predicted molar refractivity (Wildman–Crippen MR) is 82.5 cm³/mol. The molecule has 0 saturated heterocycles. The first-order valence-electron chi connectivity index (χ1n) is 6.71. The van der Waals surface area contributed by atoms with Gasteiger partial charge in [-0.05, 0) is 30.2 Å². The van der Waals surface area contributed by atoms with Gasteiger partial charge in [0.15, 0.2) is 0 Å². The SMILES string of the molecule is CCNC(c1cc2[nH]c(=O)[nH]c2cc1Br)C(C)CC. The summed E-state index contributed by atoms with van der Waals surface area (Å²) >= 11 is 3.62. The molecule has 1 heterocycles. The van der Waals surface area contributed by atoms with Crippen LogP contribution in [-0.2, 0) is 0 Å². The van der Waals surface area contributed by atoms with Crippen LogP contribution >= 0.6 is 15.9 Å². The zero-order chi connectivity index (χ0) is 14.0. The van der Waals surface area contributed by atoms with Crippen LogP contribution in [0.1, 0.15) is 38.8 Å². The highest BCUT2D eigenvalue weighted by atomic mass is 79.9. The van der Waals surface area contributed by atoms with E-state index in [9.17, 15) is 4.79 Å². The second-order valence-electron chi connectivity index (χ2n) is 4.92. The Labute approximate surface area is 121 Å². The molecule has 0 aliphatic carbocycles. The molecule has 104 valence electrons. The summed E-state index contributed by atoms with van der Waals surface area (Å²) in [7, 11) is 0. The number of hydrogen-bond acceptors (Lipinski definition) is 2. The average Bonchev–Trinajstić information content (AvgIpc) is 2.73. The average molecular weight is 326 g/mol. The summed E-state index contributed by atoms with van der Waals surface area (Å²) in [4.78, 5) is 17.0. The number of fused-ring (bicyclic) bond motifs is 1. The number of nitrogens with one attached hydrogen (secondary N) is 3. The maximum absolute atomic E-state index is 11.4. The Kier molecular flexibility index (Phi) is 4.47. The fraction of sp³-hybridized carbons (Fsp3) is 0.500. The van der Waals surface area contributed by atoms with Gasteiger partial charge in [0.05, 0.1) is 11.0 Å². The number of imidazole rings is 1. The molecule has 3 N–H and O–H groups in total. The van der Waals surface area contributed by atoms with Crippen molar-refractivity contribution in [1.29, 1.82) is 0 Å². The fourth-order valence-corrected chi connectivity index (χ4v) is 2.97. The molecule has 5 heteroatoms. The van der Waals surface area contributed by atoms with Crippen molar-refractivity contribution in [3.8, 4) is 0 Å². The third kappa shape index (κ3) is 2.92. The number of benzene rings is 1. The Morgan fingerprint density at radius 2 is 1.89 bits per heavy atom. The van der Waals surface area contributed by atoms with Crippen LogP contribution in [0.3, 0.4) is 0 Å².